The second-order valence-corrected chi connectivity index (χ2v) is 5.16. The SMILES string of the molecule is COc1cc(OC)cc(C(=O)Nc2cc(Cl)c(O)c(Cl)c2)c1. The maximum Gasteiger partial charge on any atom is 0.255 e. The number of methoxy groups -OCH3 is 2. The van der Waals surface area contributed by atoms with E-state index in [1.165, 1.54) is 26.4 Å². The molecule has 0 aliphatic carbocycles. The van der Waals surface area contributed by atoms with Crippen LogP contribution in [-0.2, 0) is 0 Å². The summed E-state index contributed by atoms with van der Waals surface area (Å²) in [5, 5.41) is 12.2. The van der Waals surface area contributed by atoms with Crippen LogP contribution in [0, 0.1) is 0 Å². The average molecular weight is 342 g/mol. The number of phenols is 1. The predicted molar refractivity (Wildman–Crippen MR) is 85.6 cm³/mol. The predicted octanol–water partition coefficient (Wildman–Crippen LogP) is 3.97. The lowest BCUT2D eigenvalue weighted by atomic mass is 10.1. The first kappa shape index (κ1) is 16.3. The Bertz CT molecular complexity index is 673. The van der Waals surface area contributed by atoms with Gasteiger partial charge in [0.15, 0.2) is 5.75 Å². The molecule has 0 aliphatic rings. The van der Waals surface area contributed by atoms with E-state index in [1.807, 2.05) is 0 Å². The Hall–Kier alpha value is -2.11. The van der Waals surface area contributed by atoms with E-state index in [0.717, 1.165) is 0 Å². The first-order valence-electron chi connectivity index (χ1n) is 6.17. The summed E-state index contributed by atoms with van der Waals surface area (Å²) in [6, 6.07) is 7.60. The Labute approximate surface area is 137 Å². The van der Waals surface area contributed by atoms with Crippen molar-refractivity contribution >= 4 is 34.8 Å². The van der Waals surface area contributed by atoms with Crippen LogP contribution < -0.4 is 14.8 Å². The number of ether oxygens (including phenoxy) is 2. The van der Waals surface area contributed by atoms with Crippen molar-refractivity contribution in [1.82, 2.24) is 0 Å². The molecule has 5 nitrogen and oxygen atoms in total. The maximum atomic E-state index is 12.3. The van der Waals surface area contributed by atoms with Crippen molar-refractivity contribution < 1.29 is 19.4 Å². The third kappa shape index (κ3) is 3.55. The second kappa shape index (κ2) is 6.77. The van der Waals surface area contributed by atoms with Gasteiger partial charge in [-0.25, -0.2) is 0 Å². The van der Waals surface area contributed by atoms with Crippen LogP contribution in [0.25, 0.3) is 0 Å². The van der Waals surface area contributed by atoms with E-state index in [9.17, 15) is 9.90 Å². The van der Waals surface area contributed by atoms with Crippen LogP contribution in [0.3, 0.4) is 0 Å². The molecular formula is C15H13Cl2NO4. The van der Waals surface area contributed by atoms with E-state index >= 15 is 0 Å². The average Bonchev–Trinajstić information content (AvgIpc) is 2.51. The highest BCUT2D eigenvalue weighted by molar-refractivity contribution is 6.37. The first-order chi connectivity index (χ1) is 10.4. The van der Waals surface area contributed by atoms with Crippen molar-refractivity contribution in [2.24, 2.45) is 0 Å². The van der Waals surface area contributed by atoms with E-state index in [2.05, 4.69) is 5.32 Å². The van der Waals surface area contributed by atoms with E-state index in [1.54, 1.807) is 18.2 Å². The van der Waals surface area contributed by atoms with Crippen molar-refractivity contribution in [3.05, 3.63) is 45.9 Å². The Morgan fingerprint density at radius 1 is 1.00 bits per heavy atom. The van der Waals surface area contributed by atoms with Gasteiger partial charge < -0.3 is 19.9 Å². The summed E-state index contributed by atoms with van der Waals surface area (Å²) in [4.78, 5) is 12.3. The lowest BCUT2D eigenvalue weighted by molar-refractivity contribution is 0.102. The first-order valence-corrected chi connectivity index (χ1v) is 6.92. The van der Waals surface area contributed by atoms with Crippen molar-refractivity contribution in [1.29, 1.82) is 0 Å². The fourth-order valence-corrected chi connectivity index (χ4v) is 2.27. The zero-order valence-electron chi connectivity index (χ0n) is 11.8. The minimum atomic E-state index is -0.393. The number of hydrogen-bond acceptors (Lipinski definition) is 4. The zero-order valence-corrected chi connectivity index (χ0v) is 13.3. The topological polar surface area (TPSA) is 67.8 Å². The zero-order chi connectivity index (χ0) is 16.3. The smallest absolute Gasteiger partial charge is 0.255 e. The Morgan fingerprint density at radius 2 is 1.50 bits per heavy atom. The van der Waals surface area contributed by atoms with E-state index in [4.69, 9.17) is 32.7 Å². The Morgan fingerprint density at radius 3 is 1.95 bits per heavy atom. The molecule has 0 saturated carbocycles. The van der Waals surface area contributed by atoms with Crippen molar-refractivity contribution in [2.45, 2.75) is 0 Å². The summed E-state index contributed by atoms with van der Waals surface area (Å²) < 4.78 is 10.2. The molecule has 0 aliphatic heterocycles. The monoisotopic (exact) mass is 341 g/mol. The van der Waals surface area contributed by atoms with E-state index in [0.29, 0.717) is 22.7 Å². The van der Waals surface area contributed by atoms with Gasteiger partial charge in [-0.2, -0.15) is 0 Å². The molecule has 0 fully saturated rings. The van der Waals surface area contributed by atoms with Crippen LogP contribution in [0.15, 0.2) is 30.3 Å². The quantitative estimate of drug-likeness (QED) is 0.825. The highest BCUT2D eigenvalue weighted by Crippen LogP contribution is 2.34. The van der Waals surface area contributed by atoms with Gasteiger partial charge in [0, 0.05) is 17.3 Å². The molecule has 7 heteroatoms. The van der Waals surface area contributed by atoms with Crippen LogP contribution in [0.5, 0.6) is 17.2 Å². The van der Waals surface area contributed by atoms with Gasteiger partial charge in [-0.1, -0.05) is 23.2 Å². The lowest BCUT2D eigenvalue weighted by Crippen LogP contribution is -2.12. The number of halogens is 2. The molecule has 0 aromatic heterocycles. The van der Waals surface area contributed by atoms with E-state index < -0.39 is 5.91 Å². The number of phenolic OH excluding ortho intramolecular Hbond substituents is 1. The lowest BCUT2D eigenvalue weighted by Gasteiger charge is -2.10. The summed E-state index contributed by atoms with van der Waals surface area (Å²) in [5.74, 6) is 0.358. The third-order valence-corrected chi connectivity index (χ3v) is 3.46. The van der Waals surface area contributed by atoms with Gasteiger partial charge in [-0.15, -0.1) is 0 Å². The number of benzene rings is 2. The number of amides is 1. The van der Waals surface area contributed by atoms with Gasteiger partial charge in [0.25, 0.3) is 5.91 Å². The molecule has 116 valence electrons. The molecule has 0 spiro atoms. The second-order valence-electron chi connectivity index (χ2n) is 4.34. The van der Waals surface area contributed by atoms with Gasteiger partial charge in [-0.3, -0.25) is 4.79 Å². The molecule has 0 bridgehead atoms. The molecular weight excluding hydrogens is 329 g/mol. The van der Waals surface area contributed by atoms with Gasteiger partial charge in [0.2, 0.25) is 0 Å². The van der Waals surface area contributed by atoms with Crippen molar-refractivity contribution in [2.75, 3.05) is 19.5 Å². The normalized spacial score (nSPS) is 10.2. The fourth-order valence-electron chi connectivity index (χ4n) is 1.78. The van der Waals surface area contributed by atoms with Crippen LogP contribution in [0.1, 0.15) is 10.4 Å². The molecule has 0 radical (unpaired) electrons. The number of rotatable bonds is 4. The Balaban J connectivity index is 2.29. The molecule has 0 saturated heterocycles. The van der Waals surface area contributed by atoms with Crippen LogP contribution >= 0.6 is 23.2 Å². The van der Waals surface area contributed by atoms with Gasteiger partial charge >= 0.3 is 0 Å². The minimum absolute atomic E-state index is 0.0472. The number of aromatic hydroxyl groups is 1. The van der Waals surface area contributed by atoms with Crippen LogP contribution in [-0.4, -0.2) is 25.2 Å². The van der Waals surface area contributed by atoms with Gasteiger partial charge in [0.1, 0.15) is 11.5 Å². The molecule has 0 heterocycles. The molecule has 1 amide bonds. The number of anilines is 1. The summed E-state index contributed by atoms with van der Waals surface area (Å²) in [6.45, 7) is 0. The Kier molecular flexibility index (Phi) is 5.00. The van der Waals surface area contributed by atoms with Gasteiger partial charge in [-0.05, 0) is 24.3 Å². The van der Waals surface area contributed by atoms with Crippen LogP contribution in [0.4, 0.5) is 5.69 Å². The summed E-state index contributed by atoms with van der Waals surface area (Å²) in [5.41, 5.74) is 0.705. The number of carbonyl (C=O) groups is 1. The molecule has 0 atom stereocenters. The minimum Gasteiger partial charge on any atom is -0.505 e. The summed E-state index contributed by atoms with van der Waals surface area (Å²) in [7, 11) is 2.99. The molecule has 2 N–H and O–H groups in total. The molecule has 2 aromatic rings. The van der Waals surface area contributed by atoms with Crippen molar-refractivity contribution in [3.63, 3.8) is 0 Å². The number of hydrogen-bond donors (Lipinski definition) is 2. The fraction of sp³-hybridized carbons (Fsp3) is 0.133. The molecule has 2 aromatic carbocycles. The van der Waals surface area contributed by atoms with Gasteiger partial charge in [0.05, 0.1) is 24.3 Å². The highest BCUT2D eigenvalue weighted by Gasteiger charge is 2.13. The number of nitrogens with one attached hydrogen (secondary N) is 1. The summed E-state index contributed by atoms with van der Waals surface area (Å²) >= 11 is 11.6. The summed E-state index contributed by atoms with van der Waals surface area (Å²) in [6.07, 6.45) is 0. The molecule has 22 heavy (non-hydrogen) atoms. The largest absolute Gasteiger partial charge is 0.505 e. The maximum absolute atomic E-state index is 12.3. The molecule has 0 unspecified atom stereocenters. The van der Waals surface area contributed by atoms with Crippen molar-refractivity contribution in [3.8, 4) is 17.2 Å². The molecule has 2 rings (SSSR count). The number of carbonyl (C=O) groups excluding carboxylic acids is 1. The highest BCUT2D eigenvalue weighted by atomic mass is 35.5. The van der Waals surface area contributed by atoms with E-state index in [-0.39, 0.29) is 15.8 Å². The van der Waals surface area contributed by atoms with Crippen LogP contribution in [0.2, 0.25) is 10.0 Å². The standard InChI is InChI=1S/C15H13Cl2NO4/c1-21-10-3-8(4-11(7-10)22-2)15(20)18-9-5-12(16)14(19)13(17)6-9/h3-7,19H,1-2H3,(H,18,20). The third-order valence-electron chi connectivity index (χ3n) is 2.89.